The number of benzene rings is 1. The molecule has 0 aromatic heterocycles. The van der Waals surface area contributed by atoms with Crippen LogP contribution < -0.4 is 16.0 Å². The smallest absolute Gasteiger partial charge is 0.246 e. The lowest BCUT2D eigenvalue weighted by Crippen LogP contribution is -2.56. The highest BCUT2D eigenvalue weighted by molar-refractivity contribution is 7.99. The Balaban J connectivity index is 1.47. The fourth-order valence-electron chi connectivity index (χ4n) is 4.85. The largest absolute Gasteiger partial charge is 0.347 e. The maximum absolute atomic E-state index is 13.4. The Morgan fingerprint density at radius 3 is 2.71 bits per heavy atom. The van der Waals surface area contributed by atoms with E-state index in [1.165, 1.54) is 11.1 Å². The van der Waals surface area contributed by atoms with Crippen LogP contribution in [0.4, 0.5) is 0 Å². The molecule has 0 radical (unpaired) electrons. The molecule has 1 aliphatic carbocycles. The predicted molar refractivity (Wildman–Crippen MR) is 121 cm³/mol. The molecular formula is C23H32N4O3S. The van der Waals surface area contributed by atoms with Gasteiger partial charge in [0.2, 0.25) is 17.7 Å². The molecule has 2 fully saturated rings. The van der Waals surface area contributed by atoms with Crippen LogP contribution in [0.1, 0.15) is 56.2 Å². The first kappa shape index (κ1) is 22.1. The van der Waals surface area contributed by atoms with Crippen molar-refractivity contribution in [3.05, 3.63) is 35.4 Å². The molecular weight excluding hydrogens is 412 g/mol. The lowest BCUT2D eigenvalue weighted by atomic mass is 9.87. The van der Waals surface area contributed by atoms with Gasteiger partial charge in [-0.25, -0.2) is 0 Å². The summed E-state index contributed by atoms with van der Waals surface area (Å²) < 4.78 is 0. The number of thioether (sulfide) groups is 1. The number of aryl methyl sites for hydroxylation is 1. The van der Waals surface area contributed by atoms with Crippen molar-refractivity contribution < 1.29 is 14.4 Å². The zero-order chi connectivity index (χ0) is 22.0. The van der Waals surface area contributed by atoms with Crippen LogP contribution in [0.25, 0.3) is 0 Å². The Kier molecular flexibility index (Phi) is 6.86. The van der Waals surface area contributed by atoms with E-state index in [9.17, 15) is 14.4 Å². The maximum atomic E-state index is 13.4. The number of nitrogens with zero attached hydrogens (tertiary/aromatic N) is 1. The summed E-state index contributed by atoms with van der Waals surface area (Å²) in [5.41, 5.74) is 2.49. The van der Waals surface area contributed by atoms with Crippen molar-refractivity contribution in [2.24, 2.45) is 0 Å². The van der Waals surface area contributed by atoms with Crippen molar-refractivity contribution in [3.8, 4) is 0 Å². The van der Waals surface area contributed by atoms with Crippen LogP contribution in [0.2, 0.25) is 0 Å². The molecule has 31 heavy (non-hydrogen) atoms. The molecule has 0 bridgehead atoms. The molecule has 3 amide bonds. The minimum atomic E-state index is -0.579. The van der Waals surface area contributed by atoms with Crippen LogP contribution in [0.3, 0.4) is 0 Å². The van der Waals surface area contributed by atoms with Gasteiger partial charge in [0, 0.05) is 0 Å². The third-order valence-corrected chi connectivity index (χ3v) is 8.05. The van der Waals surface area contributed by atoms with Crippen LogP contribution in [0.15, 0.2) is 24.3 Å². The van der Waals surface area contributed by atoms with Crippen molar-refractivity contribution in [3.63, 3.8) is 0 Å². The van der Waals surface area contributed by atoms with E-state index < -0.39 is 12.1 Å². The molecule has 1 unspecified atom stereocenters. The number of hydrogen-bond donors (Lipinski definition) is 3. The summed E-state index contributed by atoms with van der Waals surface area (Å²) in [4.78, 5) is 40.8. The van der Waals surface area contributed by atoms with Gasteiger partial charge in [-0.1, -0.05) is 24.3 Å². The fraction of sp³-hybridized carbons (Fsp3) is 0.609. The summed E-state index contributed by atoms with van der Waals surface area (Å²) in [7, 11) is 1.72. The van der Waals surface area contributed by atoms with Crippen molar-refractivity contribution in [1.29, 1.82) is 0 Å². The second kappa shape index (κ2) is 9.61. The zero-order valence-electron chi connectivity index (χ0n) is 18.2. The third-order valence-electron chi connectivity index (χ3n) is 6.73. The summed E-state index contributed by atoms with van der Waals surface area (Å²) >= 11 is 1.72. The first-order valence-electron chi connectivity index (χ1n) is 11.3. The van der Waals surface area contributed by atoms with E-state index in [1.54, 1.807) is 30.6 Å². The predicted octanol–water partition coefficient (Wildman–Crippen LogP) is 1.73. The van der Waals surface area contributed by atoms with Gasteiger partial charge >= 0.3 is 0 Å². The number of amides is 3. The Morgan fingerprint density at radius 1 is 1.10 bits per heavy atom. The van der Waals surface area contributed by atoms with Crippen LogP contribution in [0, 0.1) is 0 Å². The average Bonchev–Trinajstić information content (AvgIpc) is 3.15. The molecule has 0 saturated carbocycles. The summed E-state index contributed by atoms with van der Waals surface area (Å²) in [6.07, 6.45) is 5.07. The van der Waals surface area contributed by atoms with Gasteiger partial charge in [0.05, 0.1) is 17.5 Å². The highest BCUT2D eigenvalue weighted by Gasteiger charge is 2.45. The highest BCUT2D eigenvalue weighted by atomic mass is 32.2. The molecule has 3 N–H and O–H groups in total. The SMILES string of the molecule is CN[C@@H](C)C(=O)N[C@H]1CCS[C@H]2CCC(C(=O)N[C@@H]3CCCc4ccccc43)N2C1=O. The van der Waals surface area contributed by atoms with Gasteiger partial charge in [-0.2, -0.15) is 0 Å². The topological polar surface area (TPSA) is 90.5 Å². The van der Waals surface area contributed by atoms with E-state index >= 15 is 0 Å². The fourth-order valence-corrected chi connectivity index (χ4v) is 6.21. The van der Waals surface area contributed by atoms with Gasteiger partial charge in [0.15, 0.2) is 0 Å². The van der Waals surface area contributed by atoms with Gasteiger partial charge in [-0.3, -0.25) is 14.4 Å². The minimum absolute atomic E-state index is 0.00166. The number of fused-ring (bicyclic) bond motifs is 2. The lowest BCUT2D eigenvalue weighted by Gasteiger charge is -2.32. The molecule has 1 aromatic carbocycles. The number of rotatable bonds is 5. The summed E-state index contributed by atoms with van der Waals surface area (Å²) in [6, 6.07) is 6.86. The molecule has 2 heterocycles. The molecule has 168 valence electrons. The van der Waals surface area contributed by atoms with Crippen molar-refractivity contribution in [1.82, 2.24) is 20.9 Å². The van der Waals surface area contributed by atoms with Crippen molar-refractivity contribution in [2.75, 3.05) is 12.8 Å². The first-order chi connectivity index (χ1) is 15.0. The van der Waals surface area contributed by atoms with Crippen molar-refractivity contribution >= 4 is 29.5 Å². The summed E-state index contributed by atoms with van der Waals surface area (Å²) in [5, 5.41) is 9.03. The lowest BCUT2D eigenvalue weighted by molar-refractivity contribution is -0.142. The van der Waals surface area contributed by atoms with Gasteiger partial charge in [-0.05, 0) is 69.4 Å². The van der Waals surface area contributed by atoms with Crippen LogP contribution in [-0.2, 0) is 20.8 Å². The third kappa shape index (κ3) is 4.60. The second-order valence-corrected chi connectivity index (χ2v) is 9.96. The van der Waals surface area contributed by atoms with E-state index in [0.717, 1.165) is 31.4 Å². The molecule has 1 aromatic rings. The standard InChI is InChI=1S/C23H32N4O3S/c1-14(24-2)21(28)26-18-12-13-31-20-11-10-19(27(20)23(18)30)22(29)25-17-9-5-7-15-6-3-4-8-16(15)17/h3-4,6,8,14,17-20,24H,5,7,9-13H2,1-2H3,(H,25,29)(H,26,28)/t14-,17+,18-,19?,20-/m0/s1. The summed E-state index contributed by atoms with van der Waals surface area (Å²) in [5.74, 6) is 0.390. The zero-order valence-corrected chi connectivity index (χ0v) is 19.0. The Labute approximate surface area is 188 Å². The Hall–Kier alpha value is -2.06. The Bertz CT molecular complexity index is 848. The van der Waals surface area contributed by atoms with Crippen LogP contribution in [-0.4, -0.2) is 58.9 Å². The molecule has 0 spiro atoms. The molecule has 2 saturated heterocycles. The number of carbonyl (C=O) groups is 3. The van der Waals surface area contributed by atoms with Gasteiger partial charge < -0.3 is 20.9 Å². The Morgan fingerprint density at radius 2 is 1.90 bits per heavy atom. The molecule has 5 atom stereocenters. The van der Waals surface area contributed by atoms with E-state index in [2.05, 4.69) is 28.1 Å². The van der Waals surface area contributed by atoms with E-state index in [0.29, 0.717) is 12.8 Å². The van der Waals surface area contributed by atoms with Gasteiger partial charge in [-0.15, -0.1) is 11.8 Å². The number of hydrogen-bond acceptors (Lipinski definition) is 5. The van der Waals surface area contributed by atoms with Crippen LogP contribution >= 0.6 is 11.8 Å². The maximum Gasteiger partial charge on any atom is 0.246 e. The number of carbonyl (C=O) groups excluding carboxylic acids is 3. The van der Waals surface area contributed by atoms with Crippen LogP contribution in [0.5, 0.6) is 0 Å². The second-order valence-electron chi connectivity index (χ2n) is 8.68. The normalized spacial score (nSPS) is 28.8. The minimum Gasteiger partial charge on any atom is -0.347 e. The van der Waals surface area contributed by atoms with E-state index in [4.69, 9.17) is 0 Å². The summed E-state index contributed by atoms with van der Waals surface area (Å²) in [6.45, 7) is 1.77. The molecule has 3 aliphatic rings. The average molecular weight is 445 g/mol. The van der Waals surface area contributed by atoms with E-state index in [-0.39, 0.29) is 35.2 Å². The van der Waals surface area contributed by atoms with E-state index in [1.807, 2.05) is 12.1 Å². The number of likely N-dealkylation sites (N-methyl/N-ethyl adjacent to an activating group) is 1. The quantitative estimate of drug-likeness (QED) is 0.644. The molecule has 4 rings (SSSR count). The monoisotopic (exact) mass is 444 g/mol. The first-order valence-corrected chi connectivity index (χ1v) is 12.3. The number of nitrogens with one attached hydrogen (secondary N) is 3. The molecule has 2 aliphatic heterocycles. The molecule has 7 nitrogen and oxygen atoms in total. The van der Waals surface area contributed by atoms with Gasteiger partial charge in [0.25, 0.3) is 0 Å². The van der Waals surface area contributed by atoms with Crippen molar-refractivity contribution in [2.45, 2.75) is 75.0 Å². The molecule has 8 heteroatoms. The van der Waals surface area contributed by atoms with Gasteiger partial charge in [0.1, 0.15) is 12.1 Å². The highest BCUT2D eigenvalue weighted by Crippen LogP contribution is 2.37.